The number of hydrogen-bond acceptors (Lipinski definition) is 9. The van der Waals surface area contributed by atoms with Crippen LogP contribution < -0.4 is 21.6 Å². The van der Waals surface area contributed by atoms with Gasteiger partial charge in [0.25, 0.3) is 0 Å². The summed E-state index contributed by atoms with van der Waals surface area (Å²) in [7, 11) is 7.29. The Balaban J connectivity index is 1.47. The zero-order valence-corrected chi connectivity index (χ0v) is 25.4. The first-order valence-corrected chi connectivity index (χ1v) is 15.0. The Morgan fingerprint density at radius 3 is 2.58 bits per heavy atom. The lowest BCUT2D eigenvalue weighted by atomic mass is 9.67. The number of hydrazine groups is 2. The predicted octanol–water partition coefficient (Wildman–Crippen LogP) is 6.16. The molecule has 3 aromatic carbocycles. The predicted molar refractivity (Wildman–Crippen MR) is 175 cm³/mol. The van der Waals surface area contributed by atoms with E-state index in [9.17, 15) is 15.8 Å². The third-order valence-electron chi connectivity index (χ3n) is 8.28. The summed E-state index contributed by atoms with van der Waals surface area (Å²) in [6, 6.07) is 25.8. The van der Waals surface area contributed by atoms with E-state index in [2.05, 4.69) is 44.8 Å². The number of rotatable bonds is 10. The van der Waals surface area contributed by atoms with E-state index in [1.165, 1.54) is 6.20 Å². The lowest BCUT2D eigenvalue weighted by molar-refractivity contribution is 0.260. The van der Waals surface area contributed by atoms with E-state index in [0.29, 0.717) is 68.6 Å². The minimum Gasteiger partial charge on any atom is -0.378 e. The molecule has 4 N–H and O–H groups in total. The van der Waals surface area contributed by atoms with Gasteiger partial charge in [0.1, 0.15) is 13.9 Å². The van der Waals surface area contributed by atoms with Crippen molar-refractivity contribution in [3.8, 4) is 18.2 Å². The maximum atomic E-state index is 10.1. The van der Waals surface area contributed by atoms with E-state index in [0.717, 1.165) is 24.0 Å². The number of nitriles is 3. The number of aromatic nitrogens is 1. The Morgan fingerprint density at radius 1 is 1.09 bits per heavy atom. The van der Waals surface area contributed by atoms with E-state index in [4.69, 9.17) is 19.4 Å². The first kappa shape index (κ1) is 29.8. The van der Waals surface area contributed by atoms with Crippen LogP contribution in [0.2, 0.25) is 5.02 Å². The van der Waals surface area contributed by atoms with Crippen molar-refractivity contribution in [1.29, 1.82) is 15.8 Å². The monoisotopic (exact) mass is 609 g/mol. The van der Waals surface area contributed by atoms with Crippen LogP contribution in [0.15, 0.2) is 78.8 Å². The highest BCUT2D eigenvalue weighted by Gasteiger charge is 2.39. The number of anilines is 2. The van der Waals surface area contributed by atoms with Crippen LogP contribution in [0, 0.1) is 40.9 Å². The molecule has 1 unspecified atom stereocenters. The summed E-state index contributed by atoms with van der Waals surface area (Å²) >= 11 is 6.86. The highest BCUT2D eigenvalue weighted by molar-refractivity contribution is 6.36. The molecule has 2 aliphatic rings. The lowest BCUT2D eigenvalue weighted by Crippen LogP contribution is -2.46. The minimum atomic E-state index is -1.31. The molecule has 4 aromatic rings. The van der Waals surface area contributed by atoms with Crippen molar-refractivity contribution in [1.82, 2.24) is 21.0 Å². The number of fused-ring (bicyclic) bond motifs is 1. The molecular weight excluding hydrogens is 581 g/mol. The van der Waals surface area contributed by atoms with Crippen LogP contribution in [-0.2, 0) is 5.44 Å². The number of nitrogens with one attached hydrogen (secondary N) is 4. The van der Waals surface area contributed by atoms with Crippen molar-refractivity contribution in [3.63, 3.8) is 0 Å². The Morgan fingerprint density at radius 2 is 1.87 bits per heavy atom. The van der Waals surface area contributed by atoms with Gasteiger partial charge in [-0.05, 0) is 61.1 Å². The summed E-state index contributed by atoms with van der Waals surface area (Å²) in [4.78, 5) is 4.52. The molecule has 0 amide bonds. The van der Waals surface area contributed by atoms with Crippen LogP contribution in [0.4, 0.5) is 11.4 Å². The zero-order valence-electron chi connectivity index (χ0n) is 24.6. The second-order valence-electron chi connectivity index (χ2n) is 11.3. The summed E-state index contributed by atoms with van der Waals surface area (Å²) < 4.78 is 0. The third-order valence-corrected chi connectivity index (χ3v) is 8.57. The first-order valence-electron chi connectivity index (χ1n) is 14.7. The first-order chi connectivity index (χ1) is 21.9. The van der Waals surface area contributed by atoms with Crippen molar-refractivity contribution in [2.24, 2.45) is 0 Å². The van der Waals surface area contributed by atoms with Gasteiger partial charge < -0.3 is 16.1 Å². The zero-order chi connectivity index (χ0) is 31.6. The second kappa shape index (κ2) is 12.4. The fourth-order valence-corrected chi connectivity index (χ4v) is 6.00. The molecule has 6 rings (SSSR count). The minimum absolute atomic E-state index is 0.240. The molecule has 2 atom stereocenters. The number of halogens is 1. The fraction of sp³-hybridized carbons (Fsp3) is 0.235. The molecular formula is C34H29BClN9. The van der Waals surface area contributed by atoms with Crippen molar-refractivity contribution in [3.05, 3.63) is 112 Å². The quantitative estimate of drug-likeness (QED) is 0.156. The second-order valence-corrected chi connectivity index (χ2v) is 11.7. The van der Waals surface area contributed by atoms with Crippen LogP contribution in [0.1, 0.15) is 59.5 Å². The van der Waals surface area contributed by atoms with E-state index in [1.807, 2.05) is 66.7 Å². The molecule has 220 valence electrons. The molecule has 0 bridgehead atoms. The van der Waals surface area contributed by atoms with Crippen molar-refractivity contribution in [2.45, 2.75) is 50.1 Å². The Bertz CT molecular complexity index is 1920. The van der Waals surface area contributed by atoms with Gasteiger partial charge >= 0.3 is 0 Å². The van der Waals surface area contributed by atoms with Gasteiger partial charge in [0.05, 0.1) is 56.7 Å². The highest BCUT2D eigenvalue weighted by atomic mass is 35.5. The van der Waals surface area contributed by atoms with Crippen LogP contribution in [0.5, 0.6) is 0 Å². The SMILES string of the molecule is [B]C(Nc1cc(Cl)c2ncc(C#N)c(N[C@H](CCC#N)c3ccccc3)c2c1)(C1=CN(C2CC2)NN1)c1cccc(C#N)c1C. The van der Waals surface area contributed by atoms with Crippen molar-refractivity contribution in [2.75, 3.05) is 10.6 Å². The standard InChI is InChI=1S/C34H29BClN9/c1-21-23(17-38)9-5-10-28(21)34(35,31-20-45(44-43-31)26-12-13-26)42-25-15-27-32(24(18-39)19-40-33(27)29(36)16-25)41-30(11-6-14-37)22-7-3-2-4-8-22/h2-5,7-10,15-16,19-20,26,30,42-44H,6,11-13H2,1H3,(H,40,41)/t30-,34?/m1/s1. The molecule has 2 heterocycles. The lowest BCUT2D eigenvalue weighted by Gasteiger charge is -2.36. The molecule has 0 saturated heterocycles. The fourth-order valence-electron chi connectivity index (χ4n) is 5.73. The van der Waals surface area contributed by atoms with Gasteiger partial charge in [-0.1, -0.05) is 54.1 Å². The molecule has 1 aliphatic heterocycles. The molecule has 1 fully saturated rings. The maximum Gasteiger partial charge on any atom is 0.119 e. The average Bonchev–Trinajstić information content (AvgIpc) is 3.78. The van der Waals surface area contributed by atoms with Crippen LogP contribution in [0.3, 0.4) is 0 Å². The topological polar surface area (TPSA) is 136 Å². The summed E-state index contributed by atoms with van der Waals surface area (Å²) in [6.07, 6.45) is 6.48. The van der Waals surface area contributed by atoms with Crippen LogP contribution in [0.25, 0.3) is 10.9 Å². The van der Waals surface area contributed by atoms with Gasteiger partial charge in [0.2, 0.25) is 0 Å². The maximum absolute atomic E-state index is 10.1. The molecule has 11 heteroatoms. The Labute approximate surface area is 268 Å². The smallest absolute Gasteiger partial charge is 0.119 e. The Kier molecular flexibility index (Phi) is 8.24. The van der Waals surface area contributed by atoms with Gasteiger partial charge in [0, 0.05) is 35.9 Å². The summed E-state index contributed by atoms with van der Waals surface area (Å²) in [5, 5.41) is 39.3. The van der Waals surface area contributed by atoms with Gasteiger partial charge in [-0.2, -0.15) is 15.8 Å². The molecule has 0 spiro atoms. The van der Waals surface area contributed by atoms with Gasteiger partial charge in [-0.3, -0.25) is 9.99 Å². The normalized spacial score (nSPS) is 16.0. The van der Waals surface area contributed by atoms with Crippen LogP contribution >= 0.6 is 11.6 Å². The molecule has 45 heavy (non-hydrogen) atoms. The number of benzene rings is 3. The summed E-state index contributed by atoms with van der Waals surface area (Å²) in [6.45, 7) is 1.88. The van der Waals surface area contributed by atoms with Gasteiger partial charge in [-0.25, -0.2) is 0 Å². The largest absolute Gasteiger partial charge is 0.378 e. The summed E-state index contributed by atoms with van der Waals surface area (Å²) in [5.41, 5.74) is 10.7. The number of pyridine rings is 1. The highest BCUT2D eigenvalue weighted by Crippen LogP contribution is 2.40. The molecule has 1 saturated carbocycles. The average molecular weight is 610 g/mol. The van der Waals surface area contributed by atoms with Gasteiger partial charge in [0.15, 0.2) is 0 Å². The Hall–Kier alpha value is -5.21. The van der Waals surface area contributed by atoms with Crippen molar-refractivity contribution >= 4 is 41.7 Å². The molecule has 9 nitrogen and oxygen atoms in total. The number of nitrogens with zero attached hydrogens (tertiary/aromatic N) is 5. The molecule has 1 aromatic heterocycles. The van der Waals surface area contributed by atoms with E-state index in [1.54, 1.807) is 12.1 Å². The van der Waals surface area contributed by atoms with Crippen molar-refractivity contribution < 1.29 is 0 Å². The van der Waals surface area contributed by atoms with E-state index < -0.39 is 5.44 Å². The molecule has 1 aliphatic carbocycles. The number of hydrogen-bond donors (Lipinski definition) is 4. The van der Waals surface area contributed by atoms with E-state index >= 15 is 0 Å². The van der Waals surface area contributed by atoms with E-state index in [-0.39, 0.29) is 6.04 Å². The third kappa shape index (κ3) is 5.84. The van der Waals surface area contributed by atoms with Gasteiger partial charge in [-0.15, -0.1) is 5.53 Å². The molecule has 2 radical (unpaired) electrons. The summed E-state index contributed by atoms with van der Waals surface area (Å²) in [5.74, 6) is 0. The van der Waals surface area contributed by atoms with Crippen LogP contribution in [-0.4, -0.2) is 23.9 Å².